The number of amides is 1. The summed E-state index contributed by atoms with van der Waals surface area (Å²) in [5.74, 6) is -0.126. The number of aromatic nitrogens is 1. The number of anilines is 1. The molecule has 2 rings (SSSR count). The molecule has 1 amide bonds. The lowest BCUT2D eigenvalue weighted by atomic mass is 10.2. The van der Waals surface area contributed by atoms with Crippen LogP contribution in [0.15, 0.2) is 24.3 Å². The van der Waals surface area contributed by atoms with Crippen LogP contribution in [0, 0.1) is 0 Å². The molecule has 19 heavy (non-hydrogen) atoms. The van der Waals surface area contributed by atoms with Crippen molar-refractivity contribution in [1.82, 2.24) is 10.3 Å². The van der Waals surface area contributed by atoms with Crippen LogP contribution in [0.1, 0.15) is 23.8 Å². The van der Waals surface area contributed by atoms with Crippen LogP contribution in [0.3, 0.4) is 0 Å². The van der Waals surface area contributed by atoms with Crippen molar-refractivity contribution in [2.24, 2.45) is 0 Å². The van der Waals surface area contributed by atoms with Crippen LogP contribution in [-0.2, 0) is 4.74 Å². The summed E-state index contributed by atoms with van der Waals surface area (Å²) in [6, 6.07) is 7.48. The number of hydrogen-bond acceptors (Lipinski definition) is 3. The van der Waals surface area contributed by atoms with E-state index in [4.69, 9.17) is 10.5 Å². The normalized spacial score (nSPS) is 12.5. The Bertz CT molecular complexity index is 577. The molecule has 5 heteroatoms. The third kappa shape index (κ3) is 3.06. The lowest BCUT2D eigenvalue weighted by molar-refractivity contribution is 0.0925. The Morgan fingerprint density at radius 3 is 3.00 bits per heavy atom. The summed E-state index contributed by atoms with van der Waals surface area (Å²) in [6.45, 7) is 2.58. The number of methoxy groups -OCH3 is 1. The Morgan fingerprint density at radius 1 is 1.53 bits per heavy atom. The Morgan fingerprint density at radius 2 is 2.32 bits per heavy atom. The highest BCUT2D eigenvalue weighted by Gasteiger charge is 2.13. The van der Waals surface area contributed by atoms with E-state index >= 15 is 0 Å². The van der Waals surface area contributed by atoms with Crippen molar-refractivity contribution < 1.29 is 9.53 Å². The minimum absolute atomic E-state index is 0.0659. The summed E-state index contributed by atoms with van der Waals surface area (Å²) in [4.78, 5) is 15.1. The fourth-order valence-corrected chi connectivity index (χ4v) is 1.97. The highest BCUT2D eigenvalue weighted by molar-refractivity contribution is 6.00. The van der Waals surface area contributed by atoms with Crippen molar-refractivity contribution in [2.45, 2.75) is 19.4 Å². The Hall–Kier alpha value is -2.01. The van der Waals surface area contributed by atoms with E-state index in [1.807, 2.05) is 31.2 Å². The molecular weight excluding hydrogens is 242 g/mol. The minimum atomic E-state index is -0.126. The molecular formula is C14H19N3O2. The Labute approximate surface area is 112 Å². The molecule has 1 heterocycles. The molecule has 5 nitrogen and oxygen atoms in total. The second kappa shape index (κ2) is 5.75. The summed E-state index contributed by atoms with van der Waals surface area (Å²) < 4.78 is 4.99. The minimum Gasteiger partial charge on any atom is -0.397 e. The summed E-state index contributed by atoms with van der Waals surface area (Å²) in [5.41, 5.74) is 7.83. The maximum atomic E-state index is 12.1. The van der Waals surface area contributed by atoms with E-state index in [0.717, 1.165) is 17.3 Å². The van der Waals surface area contributed by atoms with Gasteiger partial charge in [-0.05, 0) is 25.5 Å². The molecule has 0 saturated carbocycles. The highest BCUT2D eigenvalue weighted by atomic mass is 16.5. The number of H-pyrrole nitrogens is 1. The second-order valence-electron chi connectivity index (χ2n) is 4.65. The zero-order valence-electron chi connectivity index (χ0n) is 11.2. The smallest absolute Gasteiger partial charge is 0.267 e. The number of ether oxygens (including phenoxy) is 1. The number of rotatable bonds is 5. The van der Waals surface area contributed by atoms with Crippen molar-refractivity contribution >= 4 is 22.5 Å². The van der Waals surface area contributed by atoms with Gasteiger partial charge in [0.05, 0.1) is 11.2 Å². The summed E-state index contributed by atoms with van der Waals surface area (Å²) in [7, 11) is 1.65. The molecule has 2 aromatic rings. The number of aromatic amines is 1. The Kier molecular flexibility index (Phi) is 4.06. The van der Waals surface area contributed by atoms with E-state index in [1.165, 1.54) is 0 Å². The molecule has 0 bridgehead atoms. The molecule has 0 aliphatic carbocycles. The monoisotopic (exact) mass is 261 g/mol. The van der Waals surface area contributed by atoms with Gasteiger partial charge in [0.25, 0.3) is 5.91 Å². The van der Waals surface area contributed by atoms with E-state index in [0.29, 0.717) is 18.0 Å². The van der Waals surface area contributed by atoms with E-state index in [9.17, 15) is 4.79 Å². The lowest BCUT2D eigenvalue weighted by Crippen LogP contribution is -2.33. The number of nitrogen functional groups attached to an aromatic ring is 1. The van der Waals surface area contributed by atoms with E-state index in [-0.39, 0.29) is 11.9 Å². The fraction of sp³-hybridized carbons (Fsp3) is 0.357. The van der Waals surface area contributed by atoms with Gasteiger partial charge in [0.1, 0.15) is 5.69 Å². The number of carbonyl (C=O) groups is 1. The maximum Gasteiger partial charge on any atom is 0.267 e. The predicted octanol–water partition coefficient (Wildman–Crippen LogP) is 1.90. The number of fused-ring (bicyclic) bond motifs is 1. The molecule has 0 aliphatic rings. The largest absolute Gasteiger partial charge is 0.397 e. The van der Waals surface area contributed by atoms with Crippen LogP contribution < -0.4 is 11.1 Å². The highest BCUT2D eigenvalue weighted by Crippen LogP contribution is 2.21. The number of para-hydroxylation sites is 1. The van der Waals surface area contributed by atoms with Crippen LogP contribution in [-0.4, -0.2) is 30.6 Å². The van der Waals surface area contributed by atoms with Crippen molar-refractivity contribution in [2.75, 3.05) is 19.5 Å². The van der Waals surface area contributed by atoms with Crippen LogP contribution in [0.4, 0.5) is 5.69 Å². The second-order valence-corrected chi connectivity index (χ2v) is 4.65. The van der Waals surface area contributed by atoms with Gasteiger partial charge >= 0.3 is 0 Å². The SMILES string of the molecule is COCCC(C)NC(=O)c1cc2cccc(N)c2[nH]1. The molecule has 102 valence electrons. The standard InChI is InChI=1S/C14H19N3O2/c1-9(6-7-19-2)16-14(18)12-8-10-4-3-5-11(15)13(10)17-12/h3-5,8-9,17H,6-7,15H2,1-2H3,(H,16,18). The third-order valence-corrected chi connectivity index (χ3v) is 3.07. The first kappa shape index (κ1) is 13.4. The lowest BCUT2D eigenvalue weighted by Gasteiger charge is -2.12. The number of hydrogen-bond donors (Lipinski definition) is 3. The zero-order valence-corrected chi connectivity index (χ0v) is 11.2. The quantitative estimate of drug-likeness (QED) is 0.719. The predicted molar refractivity (Wildman–Crippen MR) is 76.1 cm³/mol. The molecule has 4 N–H and O–H groups in total. The van der Waals surface area contributed by atoms with Crippen molar-refractivity contribution in [3.63, 3.8) is 0 Å². The average molecular weight is 261 g/mol. The van der Waals surface area contributed by atoms with Gasteiger partial charge in [-0.1, -0.05) is 12.1 Å². The first-order chi connectivity index (χ1) is 9.11. The fourth-order valence-electron chi connectivity index (χ4n) is 1.97. The topological polar surface area (TPSA) is 80.1 Å². The molecule has 1 atom stereocenters. The zero-order chi connectivity index (χ0) is 13.8. The molecule has 0 aliphatic heterocycles. The number of nitrogens with one attached hydrogen (secondary N) is 2. The van der Waals surface area contributed by atoms with Crippen molar-refractivity contribution in [3.8, 4) is 0 Å². The van der Waals surface area contributed by atoms with Crippen LogP contribution >= 0.6 is 0 Å². The van der Waals surface area contributed by atoms with Crippen molar-refractivity contribution in [1.29, 1.82) is 0 Å². The number of benzene rings is 1. The van der Waals surface area contributed by atoms with E-state index in [2.05, 4.69) is 10.3 Å². The van der Waals surface area contributed by atoms with Gasteiger partial charge in [-0.15, -0.1) is 0 Å². The third-order valence-electron chi connectivity index (χ3n) is 3.07. The first-order valence-corrected chi connectivity index (χ1v) is 6.29. The molecule has 0 saturated heterocycles. The summed E-state index contributed by atoms with van der Waals surface area (Å²) in [6.07, 6.45) is 0.782. The van der Waals surface area contributed by atoms with Crippen LogP contribution in [0.2, 0.25) is 0 Å². The summed E-state index contributed by atoms with van der Waals surface area (Å²) >= 11 is 0. The average Bonchev–Trinajstić information content (AvgIpc) is 2.82. The number of nitrogens with two attached hydrogens (primary N) is 1. The van der Waals surface area contributed by atoms with Gasteiger partial charge in [0.2, 0.25) is 0 Å². The molecule has 1 unspecified atom stereocenters. The van der Waals surface area contributed by atoms with Gasteiger partial charge in [-0.3, -0.25) is 4.79 Å². The van der Waals surface area contributed by atoms with Gasteiger partial charge in [0, 0.05) is 25.1 Å². The first-order valence-electron chi connectivity index (χ1n) is 6.29. The van der Waals surface area contributed by atoms with Gasteiger partial charge in [-0.2, -0.15) is 0 Å². The van der Waals surface area contributed by atoms with E-state index < -0.39 is 0 Å². The maximum absolute atomic E-state index is 12.1. The van der Waals surface area contributed by atoms with E-state index in [1.54, 1.807) is 7.11 Å². The Balaban J connectivity index is 2.11. The number of carbonyl (C=O) groups excluding carboxylic acids is 1. The molecule has 0 radical (unpaired) electrons. The van der Waals surface area contributed by atoms with Crippen LogP contribution in [0.25, 0.3) is 10.9 Å². The summed E-state index contributed by atoms with van der Waals surface area (Å²) in [5, 5.41) is 3.86. The molecule has 1 aromatic heterocycles. The molecule has 0 fully saturated rings. The van der Waals surface area contributed by atoms with Crippen molar-refractivity contribution in [3.05, 3.63) is 30.0 Å². The van der Waals surface area contributed by atoms with Gasteiger partial charge < -0.3 is 20.8 Å². The van der Waals surface area contributed by atoms with Gasteiger partial charge in [0.15, 0.2) is 0 Å². The molecule has 0 spiro atoms. The molecule has 1 aromatic carbocycles. The van der Waals surface area contributed by atoms with Gasteiger partial charge in [-0.25, -0.2) is 0 Å². The van der Waals surface area contributed by atoms with Crippen LogP contribution in [0.5, 0.6) is 0 Å².